The van der Waals surface area contributed by atoms with E-state index in [-0.39, 0.29) is 24.1 Å². The molecule has 5 heteroatoms. The summed E-state index contributed by atoms with van der Waals surface area (Å²) >= 11 is 0. The van der Waals surface area contributed by atoms with Crippen molar-refractivity contribution in [2.24, 2.45) is 5.92 Å². The Morgan fingerprint density at radius 2 is 1.96 bits per heavy atom. The van der Waals surface area contributed by atoms with Crippen molar-refractivity contribution < 1.29 is 13.9 Å². The van der Waals surface area contributed by atoms with Crippen LogP contribution in [0.4, 0.5) is 9.18 Å². The summed E-state index contributed by atoms with van der Waals surface area (Å²) in [6.45, 7) is 2.26. The first kappa shape index (κ1) is 17.4. The second-order valence-corrected chi connectivity index (χ2v) is 7.81. The second kappa shape index (κ2) is 7.06. The predicted molar refractivity (Wildman–Crippen MR) is 104 cm³/mol. The zero-order valence-corrected chi connectivity index (χ0v) is 15.6. The van der Waals surface area contributed by atoms with E-state index in [1.54, 1.807) is 17.0 Å². The molecule has 144 valence electrons. The third-order valence-corrected chi connectivity index (χ3v) is 6.14. The van der Waals surface area contributed by atoms with E-state index in [0.29, 0.717) is 12.5 Å². The summed E-state index contributed by atoms with van der Waals surface area (Å²) in [6.07, 6.45) is 3.55. The van der Waals surface area contributed by atoms with Crippen LogP contribution in [0.2, 0.25) is 0 Å². The number of nitrogens with one attached hydrogen (secondary N) is 1. The molecule has 0 unspecified atom stereocenters. The second-order valence-electron chi connectivity index (χ2n) is 7.81. The van der Waals surface area contributed by atoms with Gasteiger partial charge in [-0.05, 0) is 47.2 Å². The molecule has 4 nitrogen and oxygen atoms in total. The van der Waals surface area contributed by atoms with Gasteiger partial charge in [0.1, 0.15) is 11.9 Å². The van der Waals surface area contributed by atoms with Crippen LogP contribution in [0.15, 0.2) is 60.2 Å². The number of benzene rings is 2. The number of carbonyl (C=O) groups is 1. The Morgan fingerprint density at radius 3 is 2.79 bits per heavy atom. The van der Waals surface area contributed by atoms with Gasteiger partial charge in [-0.3, -0.25) is 4.90 Å². The van der Waals surface area contributed by atoms with Crippen LogP contribution in [0.25, 0.3) is 0 Å². The highest BCUT2D eigenvalue weighted by atomic mass is 19.1. The Balaban J connectivity index is 1.46. The lowest BCUT2D eigenvalue weighted by atomic mass is 9.88. The minimum Gasteiger partial charge on any atom is -0.441 e. The summed E-state index contributed by atoms with van der Waals surface area (Å²) in [4.78, 5) is 15.0. The Labute approximate surface area is 164 Å². The molecule has 28 heavy (non-hydrogen) atoms. The third-order valence-electron chi connectivity index (χ3n) is 6.14. The molecule has 1 aliphatic carbocycles. The van der Waals surface area contributed by atoms with Gasteiger partial charge in [0.15, 0.2) is 0 Å². The number of hydrogen-bond donors (Lipinski definition) is 1. The quantitative estimate of drug-likeness (QED) is 0.808. The van der Waals surface area contributed by atoms with E-state index in [0.717, 1.165) is 37.1 Å². The molecule has 0 aromatic heterocycles. The van der Waals surface area contributed by atoms with Gasteiger partial charge in [-0.2, -0.15) is 0 Å². The number of hydrogen-bond acceptors (Lipinski definition) is 3. The average molecular weight is 378 g/mol. The van der Waals surface area contributed by atoms with Crippen molar-refractivity contribution in [3.63, 3.8) is 0 Å². The Morgan fingerprint density at radius 1 is 1.14 bits per heavy atom. The number of nitrogens with zero attached hydrogens (tertiary/aromatic N) is 1. The predicted octanol–water partition coefficient (Wildman–Crippen LogP) is 3.83. The summed E-state index contributed by atoms with van der Waals surface area (Å²) in [5.41, 5.74) is 4.40. The molecule has 1 fully saturated rings. The number of fused-ring (bicyclic) bond motifs is 3. The Kier molecular flexibility index (Phi) is 4.40. The summed E-state index contributed by atoms with van der Waals surface area (Å²) in [5.74, 6) is 0.0502. The number of rotatable bonds is 2. The fourth-order valence-corrected chi connectivity index (χ4v) is 4.73. The molecule has 0 spiro atoms. The van der Waals surface area contributed by atoms with Gasteiger partial charge in [0.2, 0.25) is 0 Å². The molecule has 3 atom stereocenters. The lowest BCUT2D eigenvalue weighted by molar-refractivity contribution is 0.0426. The summed E-state index contributed by atoms with van der Waals surface area (Å²) in [6, 6.07) is 14.3. The third kappa shape index (κ3) is 3.00. The van der Waals surface area contributed by atoms with Crippen LogP contribution in [0.5, 0.6) is 0 Å². The van der Waals surface area contributed by atoms with Crippen molar-refractivity contribution in [3.05, 3.63) is 82.7 Å². The monoisotopic (exact) mass is 378 g/mol. The number of amides is 1. The SMILES string of the molecule is O=C(O[C@H]1C2=CC[C@H]1CNC2)N1CCc2ccccc2[C@@H]1c1ccc(F)cc1. The molecule has 0 radical (unpaired) electrons. The molecule has 0 saturated carbocycles. The Bertz CT molecular complexity index is 924. The summed E-state index contributed by atoms with van der Waals surface area (Å²) in [7, 11) is 0. The molecule has 1 N–H and O–H groups in total. The lowest BCUT2D eigenvalue weighted by Crippen LogP contribution is -2.46. The first-order valence-electron chi connectivity index (χ1n) is 9.91. The minimum absolute atomic E-state index is 0.125. The van der Waals surface area contributed by atoms with E-state index >= 15 is 0 Å². The van der Waals surface area contributed by atoms with Crippen molar-refractivity contribution in [3.8, 4) is 0 Å². The number of piperidine rings is 1. The highest BCUT2D eigenvalue weighted by Gasteiger charge is 2.39. The number of halogens is 1. The van der Waals surface area contributed by atoms with Gasteiger partial charge < -0.3 is 10.1 Å². The van der Waals surface area contributed by atoms with Gasteiger partial charge in [0.05, 0.1) is 6.04 Å². The highest BCUT2D eigenvalue weighted by Crippen LogP contribution is 2.37. The maximum atomic E-state index is 13.5. The molecule has 2 aromatic rings. The van der Waals surface area contributed by atoms with E-state index in [1.165, 1.54) is 23.3 Å². The minimum atomic E-state index is -0.284. The van der Waals surface area contributed by atoms with Gasteiger partial charge >= 0.3 is 6.09 Å². The van der Waals surface area contributed by atoms with Crippen molar-refractivity contribution in [2.45, 2.75) is 25.0 Å². The smallest absolute Gasteiger partial charge is 0.411 e. The molecule has 3 aliphatic rings. The van der Waals surface area contributed by atoms with Gasteiger partial charge in [-0.15, -0.1) is 0 Å². The largest absolute Gasteiger partial charge is 0.441 e. The molecule has 5 rings (SSSR count). The Hall–Kier alpha value is -2.66. The normalized spacial score (nSPS) is 25.8. The summed E-state index contributed by atoms with van der Waals surface area (Å²) < 4.78 is 19.5. The lowest BCUT2D eigenvalue weighted by Gasteiger charge is -2.38. The van der Waals surface area contributed by atoms with Crippen molar-refractivity contribution in [1.82, 2.24) is 10.2 Å². The molecule has 2 bridgehead atoms. The molecular formula is C23H23FN2O2. The van der Waals surface area contributed by atoms with Gasteiger partial charge in [0, 0.05) is 25.6 Å². The molecular weight excluding hydrogens is 355 g/mol. The molecule has 1 amide bonds. The maximum absolute atomic E-state index is 13.5. The average Bonchev–Trinajstić information content (AvgIpc) is 2.94. The summed E-state index contributed by atoms with van der Waals surface area (Å²) in [5, 5.41) is 3.37. The van der Waals surface area contributed by atoms with Crippen LogP contribution >= 0.6 is 0 Å². The molecule has 1 saturated heterocycles. The van der Waals surface area contributed by atoms with Crippen molar-refractivity contribution in [1.29, 1.82) is 0 Å². The number of ether oxygens (including phenoxy) is 1. The standard InChI is InChI=1S/C23H23FN2O2/c24-19-9-7-16(8-10-19)21-20-4-2-1-3-15(20)11-12-26(21)23(27)28-22-17-5-6-18(22)14-25-13-17/h1-5,7-10,18,21-22,25H,6,11-14H2/t18-,21-,22-/m0/s1. The molecule has 2 heterocycles. The van der Waals surface area contributed by atoms with Crippen LogP contribution in [0.3, 0.4) is 0 Å². The van der Waals surface area contributed by atoms with E-state index in [2.05, 4.69) is 23.5 Å². The molecule has 2 aromatic carbocycles. The first-order chi connectivity index (χ1) is 13.7. The van der Waals surface area contributed by atoms with Crippen molar-refractivity contribution in [2.75, 3.05) is 19.6 Å². The van der Waals surface area contributed by atoms with Crippen LogP contribution in [-0.4, -0.2) is 36.7 Å². The maximum Gasteiger partial charge on any atom is 0.411 e. The van der Waals surface area contributed by atoms with Gasteiger partial charge in [-0.1, -0.05) is 42.5 Å². The van der Waals surface area contributed by atoms with Crippen LogP contribution in [-0.2, 0) is 11.2 Å². The topological polar surface area (TPSA) is 41.6 Å². The van der Waals surface area contributed by atoms with Crippen LogP contribution in [0.1, 0.15) is 29.2 Å². The van der Waals surface area contributed by atoms with Crippen LogP contribution in [0, 0.1) is 11.7 Å². The fraction of sp³-hybridized carbons (Fsp3) is 0.348. The zero-order chi connectivity index (χ0) is 19.1. The zero-order valence-electron chi connectivity index (χ0n) is 15.6. The van der Waals surface area contributed by atoms with Gasteiger partial charge in [0.25, 0.3) is 0 Å². The van der Waals surface area contributed by atoms with Gasteiger partial charge in [-0.25, -0.2) is 9.18 Å². The fourth-order valence-electron chi connectivity index (χ4n) is 4.73. The first-order valence-corrected chi connectivity index (χ1v) is 9.91. The van der Waals surface area contributed by atoms with E-state index in [1.807, 2.05) is 12.1 Å². The van der Waals surface area contributed by atoms with E-state index in [9.17, 15) is 9.18 Å². The highest BCUT2D eigenvalue weighted by molar-refractivity contribution is 5.71. The van der Waals surface area contributed by atoms with Crippen molar-refractivity contribution >= 4 is 6.09 Å². The van der Waals surface area contributed by atoms with Crippen LogP contribution < -0.4 is 5.32 Å². The number of allylic oxidation sites excluding steroid dienone is 1. The number of carbonyl (C=O) groups excluding carboxylic acids is 1. The van der Waals surface area contributed by atoms with E-state index in [4.69, 9.17) is 4.74 Å². The van der Waals surface area contributed by atoms with E-state index < -0.39 is 0 Å². The molecule has 2 aliphatic heterocycles.